The van der Waals surface area contributed by atoms with E-state index in [1.807, 2.05) is 0 Å². The quantitative estimate of drug-likeness (QED) is 0.783. The van der Waals surface area contributed by atoms with Gasteiger partial charge >= 0.3 is 5.97 Å². The predicted octanol–water partition coefficient (Wildman–Crippen LogP) is 1.85. The maximum Gasteiger partial charge on any atom is 0.303 e. The summed E-state index contributed by atoms with van der Waals surface area (Å²) >= 11 is 0. The van der Waals surface area contributed by atoms with Crippen LogP contribution < -0.4 is 5.32 Å². The number of hydrogen-bond acceptors (Lipinski definition) is 4. The first-order valence-corrected chi connectivity index (χ1v) is 8.78. The number of amides is 2. The van der Waals surface area contributed by atoms with Crippen molar-refractivity contribution in [1.82, 2.24) is 15.2 Å². The Kier molecular flexibility index (Phi) is 5.53. The van der Waals surface area contributed by atoms with Gasteiger partial charge in [0.1, 0.15) is 0 Å². The number of nitrogens with one attached hydrogen (secondary N) is 1. The van der Waals surface area contributed by atoms with Crippen molar-refractivity contribution in [2.45, 2.75) is 25.2 Å². The van der Waals surface area contributed by atoms with Gasteiger partial charge in [0.2, 0.25) is 5.91 Å². The summed E-state index contributed by atoms with van der Waals surface area (Å²) in [4.78, 5) is 40.5. The Balaban J connectivity index is 1.71. The Morgan fingerprint density at radius 2 is 2.04 bits per heavy atom. The van der Waals surface area contributed by atoms with E-state index >= 15 is 0 Å². The summed E-state index contributed by atoms with van der Waals surface area (Å²) in [7, 11) is 0. The molecule has 2 heterocycles. The Labute approximate surface area is 159 Å². The number of carboxylic acids is 1. The molecule has 0 bridgehead atoms. The van der Waals surface area contributed by atoms with Crippen LogP contribution in [0.4, 0.5) is 8.78 Å². The molecule has 2 amide bonds. The molecular formula is C19H19F2N3O4. The lowest BCUT2D eigenvalue weighted by molar-refractivity contribution is -0.137. The number of benzene rings is 1. The number of aliphatic carboxylic acids is 1. The van der Waals surface area contributed by atoms with Gasteiger partial charge in [0.15, 0.2) is 0 Å². The standard InChI is InChI=1S/C19H19F2N3O4/c20-19(21)6-8-24(11-19)16(25)10-23-18(28)13-5-7-22-15-3-1-12(9-14(13)15)2-4-17(26)27/h1,3,5,7,9H,2,4,6,8,10-11H2,(H,23,28)(H,26,27). The van der Waals surface area contributed by atoms with Gasteiger partial charge in [-0.1, -0.05) is 6.07 Å². The summed E-state index contributed by atoms with van der Waals surface area (Å²) < 4.78 is 26.4. The average molecular weight is 391 g/mol. The smallest absolute Gasteiger partial charge is 0.303 e. The first-order chi connectivity index (χ1) is 13.2. The number of nitrogens with zero attached hydrogens (tertiary/aromatic N) is 2. The fourth-order valence-electron chi connectivity index (χ4n) is 3.11. The second-order valence-electron chi connectivity index (χ2n) is 6.71. The Morgan fingerprint density at radius 1 is 1.25 bits per heavy atom. The Morgan fingerprint density at radius 3 is 2.71 bits per heavy atom. The number of aryl methyl sites for hydroxylation is 1. The average Bonchev–Trinajstić information content (AvgIpc) is 3.03. The first kappa shape index (κ1) is 19.7. The largest absolute Gasteiger partial charge is 0.481 e. The van der Waals surface area contributed by atoms with Crippen molar-refractivity contribution >= 4 is 28.7 Å². The van der Waals surface area contributed by atoms with E-state index in [0.717, 1.165) is 10.5 Å². The third-order valence-electron chi connectivity index (χ3n) is 4.60. The number of alkyl halides is 2. The minimum absolute atomic E-state index is 0.0349. The lowest BCUT2D eigenvalue weighted by Gasteiger charge is -2.16. The molecule has 28 heavy (non-hydrogen) atoms. The van der Waals surface area contributed by atoms with Gasteiger partial charge in [-0.2, -0.15) is 0 Å². The van der Waals surface area contributed by atoms with Crippen LogP contribution in [0.25, 0.3) is 10.9 Å². The second kappa shape index (κ2) is 7.87. The summed E-state index contributed by atoms with van der Waals surface area (Å²) in [6.07, 6.45) is 1.35. The van der Waals surface area contributed by atoms with Gasteiger partial charge < -0.3 is 15.3 Å². The third-order valence-corrected chi connectivity index (χ3v) is 4.60. The monoisotopic (exact) mass is 391 g/mol. The number of aromatic nitrogens is 1. The van der Waals surface area contributed by atoms with Gasteiger partial charge in [0.25, 0.3) is 11.8 Å². The Bertz CT molecular complexity index is 933. The fraction of sp³-hybridized carbons (Fsp3) is 0.368. The van der Waals surface area contributed by atoms with Crippen LogP contribution in [-0.4, -0.2) is 58.3 Å². The van der Waals surface area contributed by atoms with Gasteiger partial charge in [0, 0.05) is 31.0 Å². The van der Waals surface area contributed by atoms with Gasteiger partial charge in [-0.3, -0.25) is 19.4 Å². The minimum atomic E-state index is -2.88. The van der Waals surface area contributed by atoms with Crippen LogP contribution in [0.3, 0.4) is 0 Å². The molecule has 1 fully saturated rings. The number of halogens is 2. The predicted molar refractivity (Wildman–Crippen MR) is 96.2 cm³/mol. The van der Waals surface area contributed by atoms with Crippen LogP contribution in [0, 0.1) is 0 Å². The molecule has 0 aliphatic carbocycles. The molecule has 0 radical (unpaired) electrons. The molecule has 7 nitrogen and oxygen atoms in total. The lowest BCUT2D eigenvalue weighted by Crippen LogP contribution is -2.40. The van der Waals surface area contributed by atoms with E-state index in [1.165, 1.54) is 12.3 Å². The van der Waals surface area contributed by atoms with Crippen molar-refractivity contribution in [2.24, 2.45) is 0 Å². The summed E-state index contributed by atoms with van der Waals surface area (Å²) in [6.45, 7) is -1.04. The highest BCUT2D eigenvalue weighted by molar-refractivity contribution is 6.07. The molecule has 0 atom stereocenters. The van der Waals surface area contributed by atoms with E-state index in [0.29, 0.717) is 17.3 Å². The zero-order valence-electron chi connectivity index (χ0n) is 15.0. The molecule has 0 spiro atoms. The fourth-order valence-corrected chi connectivity index (χ4v) is 3.11. The van der Waals surface area contributed by atoms with Crippen molar-refractivity contribution < 1.29 is 28.3 Å². The van der Waals surface area contributed by atoms with E-state index in [9.17, 15) is 23.2 Å². The van der Waals surface area contributed by atoms with Crippen LogP contribution in [0.15, 0.2) is 30.5 Å². The highest BCUT2D eigenvalue weighted by atomic mass is 19.3. The maximum atomic E-state index is 13.2. The van der Waals surface area contributed by atoms with E-state index in [2.05, 4.69) is 10.3 Å². The molecule has 2 N–H and O–H groups in total. The lowest BCUT2D eigenvalue weighted by atomic mass is 10.0. The SMILES string of the molecule is O=C(O)CCc1ccc2nccc(C(=O)NCC(=O)N3CCC(F)(F)C3)c2c1. The van der Waals surface area contributed by atoms with Crippen LogP contribution >= 0.6 is 0 Å². The zero-order valence-corrected chi connectivity index (χ0v) is 15.0. The van der Waals surface area contributed by atoms with Gasteiger partial charge in [-0.15, -0.1) is 0 Å². The van der Waals surface area contributed by atoms with Crippen molar-refractivity contribution in [1.29, 1.82) is 0 Å². The molecular weight excluding hydrogens is 372 g/mol. The van der Waals surface area contributed by atoms with E-state index in [-0.39, 0.29) is 31.5 Å². The highest BCUT2D eigenvalue weighted by Crippen LogP contribution is 2.26. The summed E-state index contributed by atoms with van der Waals surface area (Å²) in [5.74, 6) is -4.89. The number of fused-ring (bicyclic) bond motifs is 1. The molecule has 1 aliphatic heterocycles. The van der Waals surface area contributed by atoms with E-state index in [1.54, 1.807) is 18.2 Å². The number of rotatable bonds is 6. The molecule has 1 saturated heterocycles. The normalized spacial score (nSPS) is 15.6. The molecule has 0 unspecified atom stereocenters. The van der Waals surface area contributed by atoms with Gasteiger partial charge in [-0.25, -0.2) is 8.78 Å². The highest BCUT2D eigenvalue weighted by Gasteiger charge is 2.40. The number of carboxylic acid groups (broad SMARTS) is 1. The molecule has 1 aromatic heterocycles. The summed E-state index contributed by atoms with van der Waals surface area (Å²) in [6, 6.07) is 6.63. The molecule has 3 rings (SSSR count). The number of pyridine rings is 1. The molecule has 0 saturated carbocycles. The van der Waals surface area contributed by atoms with Crippen LogP contribution in [0.5, 0.6) is 0 Å². The van der Waals surface area contributed by atoms with Crippen molar-refractivity contribution in [3.05, 3.63) is 41.6 Å². The van der Waals surface area contributed by atoms with Crippen LogP contribution in [0.2, 0.25) is 0 Å². The minimum Gasteiger partial charge on any atom is -0.481 e. The maximum absolute atomic E-state index is 13.2. The number of likely N-dealkylation sites (tertiary alicyclic amines) is 1. The molecule has 2 aromatic rings. The first-order valence-electron chi connectivity index (χ1n) is 8.78. The Hall–Kier alpha value is -3.10. The van der Waals surface area contributed by atoms with Crippen molar-refractivity contribution in [2.75, 3.05) is 19.6 Å². The topological polar surface area (TPSA) is 99.6 Å². The number of carbonyl (C=O) groups is 3. The summed E-state index contributed by atoms with van der Waals surface area (Å²) in [5, 5.41) is 11.8. The van der Waals surface area contributed by atoms with Crippen LogP contribution in [0.1, 0.15) is 28.8 Å². The molecule has 1 aromatic carbocycles. The van der Waals surface area contributed by atoms with E-state index in [4.69, 9.17) is 5.11 Å². The molecule has 9 heteroatoms. The molecule has 1 aliphatic rings. The third kappa shape index (κ3) is 4.59. The van der Waals surface area contributed by atoms with Crippen LogP contribution in [-0.2, 0) is 16.0 Å². The van der Waals surface area contributed by atoms with Crippen molar-refractivity contribution in [3.63, 3.8) is 0 Å². The zero-order chi connectivity index (χ0) is 20.3. The second-order valence-corrected chi connectivity index (χ2v) is 6.71. The number of hydrogen-bond donors (Lipinski definition) is 2. The van der Waals surface area contributed by atoms with Gasteiger partial charge in [0.05, 0.1) is 24.2 Å². The summed E-state index contributed by atoms with van der Waals surface area (Å²) in [5.41, 5.74) is 1.58. The van der Waals surface area contributed by atoms with Gasteiger partial charge in [-0.05, 0) is 30.2 Å². The van der Waals surface area contributed by atoms with E-state index < -0.39 is 30.3 Å². The van der Waals surface area contributed by atoms with Crippen molar-refractivity contribution in [3.8, 4) is 0 Å². The molecule has 148 valence electrons. The number of carbonyl (C=O) groups excluding carboxylic acids is 2.